The molecule has 1 aliphatic heterocycles. The SMILES string of the molecule is NCCCCN1CCC[C@H]1COc1ccc(Oc2ccc(Cl)cc2)cc1. The van der Waals surface area contributed by atoms with Gasteiger partial charge in [-0.15, -0.1) is 0 Å². The van der Waals surface area contributed by atoms with Crippen molar-refractivity contribution in [2.75, 3.05) is 26.2 Å². The van der Waals surface area contributed by atoms with Gasteiger partial charge in [-0.25, -0.2) is 0 Å². The van der Waals surface area contributed by atoms with Crippen molar-refractivity contribution in [1.82, 2.24) is 4.90 Å². The van der Waals surface area contributed by atoms with Crippen LogP contribution in [0.3, 0.4) is 0 Å². The van der Waals surface area contributed by atoms with Crippen molar-refractivity contribution < 1.29 is 9.47 Å². The number of ether oxygens (including phenoxy) is 2. The van der Waals surface area contributed by atoms with Crippen molar-refractivity contribution in [2.24, 2.45) is 5.73 Å². The van der Waals surface area contributed by atoms with E-state index < -0.39 is 0 Å². The molecule has 3 rings (SSSR count). The van der Waals surface area contributed by atoms with Crippen LogP contribution in [0, 0.1) is 0 Å². The lowest BCUT2D eigenvalue weighted by Crippen LogP contribution is -2.35. The zero-order valence-corrected chi connectivity index (χ0v) is 15.8. The van der Waals surface area contributed by atoms with E-state index in [4.69, 9.17) is 26.8 Å². The molecule has 2 aromatic carbocycles. The van der Waals surface area contributed by atoms with Gasteiger partial charge in [0.15, 0.2) is 0 Å². The van der Waals surface area contributed by atoms with Crippen LogP contribution >= 0.6 is 11.6 Å². The van der Waals surface area contributed by atoms with E-state index >= 15 is 0 Å². The molecule has 1 saturated heterocycles. The first-order valence-electron chi connectivity index (χ1n) is 9.35. The largest absolute Gasteiger partial charge is 0.492 e. The smallest absolute Gasteiger partial charge is 0.127 e. The van der Waals surface area contributed by atoms with Gasteiger partial charge in [0, 0.05) is 11.1 Å². The number of halogens is 1. The second kappa shape index (κ2) is 9.81. The Morgan fingerprint density at radius 2 is 1.62 bits per heavy atom. The fourth-order valence-electron chi connectivity index (χ4n) is 3.27. The second-order valence-corrected chi connectivity index (χ2v) is 7.10. The summed E-state index contributed by atoms with van der Waals surface area (Å²) in [5.41, 5.74) is 5.59. The van der Waals surface area contributed by atoms with Gasteiger partial charge in [-0.05, 0) is 93.8 Å². The Morgan fingerprint density at radius 3 is 2.31 bits per heavy atom. The van der Waals surface area contributed by atoms with E-state index in [9.17, 15) is 0 Å². The van der Waals surface area contributed by atoms with Gasteiger partial charge in [-0.1, -0.05) is 11.6 Å². The molecule has 0 bridgehead atoms. The van der Waals surface area contributed by atoms with E-state index in [1.54, 1.807) is 0 Å². The minimum atomic E-state index is 0.512. The number of nitrogens with zero attached hydrogens (tertiary/aromatic N) is 1. The fraction of sp³-hybridized carbons (Fsp3) is 0.429. The third-order valence-electron chi connectivity index (χ3n) is 4.71. The van der Waals surface area contributed by atoms with Crippen molar-refractivity contribution >= 4 is 11.6 Å². The molecule has 0 saturated carbocycles. The van der Waals surface area contributed by atoms with Gasteiger partial charge >= 0.3 is 0 Å². The monoisotopic (exact) mass is 374 g/mol. The maximum Gasteiger partial charge on any atom is 0.127 e. The van der Waals surface area contributed by atoms with Crippen LogP contribution < -0.4 is 15.2 Å². The van der Waals surface area contributed by atoms with Gasteiger partial charge < -0.3 is 15.2 Å². The second-order valence-electron chi connectivity index (χ2n) is 6.67. The quantitative estimate of drug-likeness (QED) is 0.645. The highest BCUT2D eigenvalue weighted by molar-refractivity contribution is 6.30. The van der Waals surface area contributed by atoms with Crippen LogP contribution in [0.5, 0.6) is 17.2 Å². The van der Waals surface area contributed by atoms with Crippen molar-refractivity contribution in [3.8, 4) is 17.2 Å². The van der Waals surface area contributed by atoms with Gasteiger partial charge in [0.05, 0.1) is 0 Å². The highest BCUT2D eigenvalue weighted by Gasteiger charge is 2.24. The third-order valence-corrected chi connectivity index (χ3v) is 4.97. The molecule has 2 N–H and O–H groups in total. The molecule has 0 spiro atoms. The van der Waals surface area contributed by atoms with Crippen LogP contribution in [0.2, 0.25) is 5.02 Å². The molecular formula is C21H27ClN2O2. The summed E-state index contributed by atoms with van der Waals surface area (Å²) in [6.45, 7) is 3.81. The molecule has 1 fully saturated rings. The van der Waals surface area contributed by atoms with E-state index in [-0.39, 0.29) is 0 Å². The number of hydrogen-bond acceptors (Lipinski definition) is 4. The first kappa shape index (κ1) is 19.0. The number of benzene rings is 2. The summed E-state index contributed by atoms with van der Waals surface area (Å²) in [6, 6.07) is 15.6. The van der Waals surface area contributed by atoms with E-state index in [0.717, 1.165) is 43.4 Å². The van der Waals surface area contributed by atoms with Crippen LogP contribution in [0.1, 0.15) is 25.7 Å². The predicted molar refractivity (Wildman–Crippen MR) is 106 cm³/mol. The maximum atomic E-state index is 6.01. The zero-order valence-electron chi connectivity index (χ0n) is 15.1. The lowest BCUT2D eigenvalue weighted by atomic mass is 10.2. The van der Waals surface area contributed by atoms with Crippen LogP contribution in [-0.2, 0) is 0 Å². The average Bonchev–Trinajstić information content (AvgIpc) is 3.11. The molecule has 140 valence electrons. The summed E-state index contributed by atoms with van der Waals surface area (Å²) in [7, 11) is 0. The third kappa shape index (κ3) is 5.63. The van der Waals surface area contributed by atoms with Gasteiger partial charge in [-0.3, -0.25) is 4.90 Å². The average molecular weight is 375 g/mol. The minimum absolute atomic E-state index is 0.512. The highest BCUT2D eigenvalue weighted by Crippen LogP contribution is 2.26. The lowest BCUT2D eigenvalue weighted by molar-refractivity contribution is 0.171. The zero-order chi connectivity index (χ0) is 18.2. The van der Waals surface area contributed by atoms with Crippen LogP contribution in [0.25, 0.3) is 0 Å². The molecule has 1 aliphatic rings. The molecule has 2 aromatic rings. The van der Waals surface area contributed by atoms with Gasteiger partial charge in [0.2, 0.25) is 0 Å². The molecule has 0 aliphatic carbocycles. The Labute approximate surface area is 160 Å². The Hall–Kier alpha value is -1.75. The van der Waals surface area contributed by atoms with Crippen molar-refractivity contribution in [2.45, 2.75) is 31.7 Å². The standard InChI is InChI=1S/C21H27ClN2O2/c22-17-5-7-20(8-6-17)26-21-11-9-19(10-12-21)25-16-18-4-3-15-24(18)14-2-1-13-23/h5-12,18H,1-4,13-16,23H2/t18-/m0/s1. The van der Waals surface area contributed by atoms with Crippen molar-refractivity contribution in [3.05, 3.63) is 53.6 Å². The van der Waals surface area contributed by atoms with Crippen molar-refractivity contribution in [1.29, 1.82) is 0 Å². The van der Waals surface area contributed by atoms with Gasteiger partial charge in [-0.2, -0.15) is 0 Å². The van der Waals surface area contributed by atoms with Crippen LogP contribution in [-0.4, -0.2) is 37.2 Å². The number of nitrogens with two attached hydrogens (primary N) is 1. The Bertz CT molecular complexity index is 661. The van der Waals surface area contributed by atoms with E-state index in [1.165, 1.54) is 25.8 Å². The van der Waals surface area contributed by atoms with E-state index in [0.29, 0.717) is 11.1 Å². The molecule has 26 heavy (non-hydrogen) atoms. The van der Waals surface area contributed by atoms with Gasteiger partial charge in [0.1, 0.15) is 23.9 Å². The van der Waals surface area contributed by atoms with Crippen LogP contribution in [0.4, 0.5) is 0 Å². The Balaban J connectivity index is 1.47. The Kier molecular flexibility index (Phi) is 7.18. The summed E-state index contributed by atoms with van der Waals surface area (Å²) in [5, 5.41) is 0.699. The topological polar surface area (TPSA) is 47.7 Å². The molecule has 1 heterocycles. The molecule has 0 radical (unpaired) electrons. The first-order valence-corrected chi connectivity index (χ1v) is 9.73. The first-order chi connectivity index (χ1) is 12.7. The van der Waals surface area contributed by atoms with Gasteiger partial charge in [0.25, 0.3) is 0 Å². The van der Waals surface area contributed by atoms with E-state index in [2.05, 4.69) is 4.90 Å². The van der Waals surface area contributed by atoms with Crippen LogP contribution in [0.15, 0.2) is 48.5 Å². The Morgan fingerprint density at radius 1 is 0.962 bits per heavy atom. The van der Waals surface area contributed by atoms with Crippen molar-refractivity contribution in [3.63, 3.8) is 0 Å². The minimum Gasteiger partial charge on any atom is -0.492 e. The summed E-state index contributed by atoms with van der Waals surface area (Å²) >= 11 is 5.89. The molecule has 5 heteroatoms. The molecule has 4 nitrogen and oxygen atoms in total. The fourth-order valence-corrected chi connectivity index (χ4v) is 3.40. The lowest BCUT2D eigenvalue weighted by Gasteiger charge is -2.24. The number of rotatable bonds is 9. The molecular weight excluding hydrogens is 348 g/mol. The summed E-state index contributed by atoms with van der Waals surface area (Å²) < 4.78 is 11.8. The molecule has 0 aromatic heterocycles. The molecule has 0 amide bonds. The number of likely N-dealkylation sites (tertiary alicyclic amines) is 1. The maximum absolute atomic E-state index is 6.01. The summed E-state index contributed by atoms with van der Waals surface area (Å²) in [5.74, 6) is 2.42. The number of hydrogen-bond donors (Lipinski definition) is 1. The highest BCUT2D eigenvalue weighted by atomic mass is 35.5. The molecule has 0 unspecified atom stereocenters. The normalized spacial score (nSPS) is 17.4. The molecule has 1 atom stereocenters. The summed E-state index contributed by atoms with van der Waals surface area (Å²) in [6.07, 6.45) is 4.73. The number of unbranched alkanes of at least 4 members (excludes halogenated alkanes) is 1. The van der Waals surface area contributed by atoms with E-state index in [1.807, 2.05) is 48.5 Å². The predicted octanol–water partition coefficient (Wildman–Crippen LogP) is 4.71. The summed E-state index contributed by atoms with van der Waals surface area (Å²) in [4.78, 5) is 2.54.